The normalized spacial score (nSPS) is 11.1. The number of pyridine rings is 1. The van der Waals surface area contributed by atoms with Gasteiger partial charge in [0, 0.05) is 22.6 Å². The summed E-state index contributed by atoms with van der Waals surface area (Å²) >= 11 is 0. The maximum atomic E-state index is 12.7. The lowest BCUT2D eigenvalue weighted by atomic mass is 10.1. The van der Waals surface area contributed by atoms with Gasteiger partial charge < -0.3 is 9.73 Å². The Morgan fingerprint density at radius 1 is 1.07 bits per heavy atom. The molecule has 0 unspecified atom stereocenters. The van der Waals surface area contributed by atoms with Crippen LogP contribution in [0, 0.1) is 6.92 Å². The van der Waals surface area contributed by atoms with Crippen LogP contribution in [0.2, 0.25) is 0 Å². The fourth-order valence-corrected chi connectivity index (χ4v) is 3.02. The topological polar surface area (TPSA) is 68.0 Å². The van der Waals surface area contributed by atoms with Crippen molar-refractivity contribution in [2.45, 2.75) is 26.7 Å². The fourth-order valence-electron chi connectivity index (χ4n) is 3.02. The minimum atomic E-state index is -0.179. The summed E-state index contributed by atoms with van der Waals surface area (Å²) in [5, 5.41) is 3.88. The predicted molar refractivity (Wildman–Crippen MR) is 110 cm³/mol. The lowest BCUT2D eigenvalue weighted by Gasteiger charge is -2.09. The number of rotatable bonds is 4. The highest BCUT2D eigenvalue weighted by atomic mass is 16.4. The second kappa shape index (κ2) is 7.27. The highest BCUT2D eigenvalue weighted by Gasteiger charge is 2.13. The lowest BCUT2D eigenvalue weighted by Crippen LogP contribution is -2.14. The van der Waals surface area contributed by atoms with E-state index in [1.165, 1.54) is 0 Å². The summed E-state index contributed by atoms with van der Waals surface area (Å²) in [6, 6.07) is 17.1. The number of carbonyl (C=O) groups excluding carboxylic acids is 1. The zero-order chi connectivity index (χ0) is 19.7. The molecule has 0 aliphatic heterocycles. The van der Waals surface area contributed by atoms with Crippen molar-refractivity contribution in [3.05, 3.63) is 77.8 Å². The van der Waals surface area contributed by atoms with Gasteiger partial charge in [0.1, 0.15) is 5.76 Å². The van der Waals surface area contributed by atoms with Crippen LogP contribution in [0.5, 0.6) is 0 Å². The van der Waals surface area contributed by atoms with Gasteiger partial charge in [0.2, 0.25) is 5.89 Å². The number of para-hydroxylation sites is 1. The first-order chi connectivity index (χ1) is 13.5. The Morgan fingerprint density at radius 2 is 1.82 bits per heavy atom. The number of nitrogens with zero attached hydrogens (tertiary/aromatic N) is 2. The van der Waals surface area contributed by atoms with E-state index >= 15 is 0 Å². The molecule has 0 spiro atoms. The SMILES string of the molecule is Cc1nc2ccccc2cc1C(=O)Nc1ccc(-c2ncc(C(C)C)o2)cc1. The third kappa shape index (κ3) is 3.51. The molecule has 1 N–H and O–H groups in total. The van der Waals surface area contributed by atoms with E-state index in [4.69, 9.17) is 4.42 Å². The lowest BCUT2D eigenvalue weighted by molar-refractivity contribution is 0.102. The molecule has 2 heterocycles. The number of nitrogens with one attached hydrogen (secondary N) is 1. The standard InChI is InChI=1S/C23H21N3O2/c1-14(2)21-13-24-23(28-21)16-8-10-18(11-9-16)26-22(27)19-12-17-6-4-5-7-20(17)25-15(19)3/h4-14H,1-3H3,(H,26,27). The number of aromatic nitrogens is 2. The van der Waals surface area contributed by atoms with E-state index in [9.17, 15) is 4.79 Å². The van der Waals surface area contributed by atoms with Crippen LogP contribution in [-0.4, -0.2) is 15.9 Å². The van der Waals surface area contributed by atoms with E-state index in [0.29, 0.717) is 28.8 Å². The molecule has 1 amide bonds. The van der Waals surface area contributed by atoms with Crippen LogP contribution in [0.3, 0.4) is 0 Å². The van der Waals surface area contributed by atoms with Gasteiger partial charge in [0.25, 0.3) is 5.91 Å². The van der Waals surface area contributed by atoms with Crippen molar-refractivity contribution in [3.63, 3.8) is 0 Å². The van der Waals surface area contributed by atoms with E-state index in [-0.39, 0.29) is 5.91 Å². The molecule has 5 nitrogen and oxygen atoms in total. The number of aryl methyl sites for hydroxylation is 1. The van der Waals surface area contributed by atoms with Gasteiger partial charge in [0.15, 0.2) is 0 Å². The average Bonchev–Trinajstić information content (AvgIpc) is 3.18. The molecular weight excluding hydrogens is 350 g/mol. The Balaban J connectivity index is 1.54. The number of carbonyl (C=O) groups is 1. The van der Waals surface area contributed by atoms with Crippen LogP contribution in [0.25, 0.3) is 22.4 Å². The minimum Gasteiger partial charge on any atom is -0.441 e. The van der Waals surface area contributed by atoms with E-state index in [1.807, 2.05) is 61.5 Å². The van der Waals surface area contributed by atoms with Gasteiger partial charge in [-0.2, -0.15) is 0 Å². The van der Waals surface area contributed by atoms with Gasteiger partial charge in [-0.3, -0.25) is 9.78 Å². The van der Waals surface area contributed by atoms with Crippen LogP contribution >= 0.6 is 0 Å². The number of amides is 1. The Bertz CT molecular complexity index is 1140. The van der Waals surface area contributed by atoms with Crippen molar-refractivity contribution >= 4 is 22.5 Å². The van der Waals surface area contributed by atoms with Gasteiger partial charge in [-0.1, -0.05) is 32.0 Å². The van der Waals surface area contributed by atoms with Crippen molar-refractivity contribution in [2.24, 2.45) is 0 Å². The smallest absolute Gasteiger partial charge is 0.257 e. The number of hydrogen-bond donors (Lipinski definition) is 1. The monoisotopic (exact) mass is 371 g/mol. The molecular formula is C23H21N3O2. The molecule has 2 aromatic heterocycles. The molecule has 0 aliphatic rings. The minimum absolute atomic E-state index is 0.179. The maximum Gasteiger partial charge on any atom is 0.257 e. The molecule has 28 heavy (non-hydrogen) atoms. The van der Waals surface area contributed by atoms with Crippen molar-refractivity contribution in [2.75, 3.05) is 5.32 Å². The van der Waals surface area contributed by atoms with Crippen LogP contribution in [0.4, 0.5) is 5.69 Å². The van der Waals surface area contributed by atoms with Gasteiger partial charge in [-0.05, 0) is 43.3 Å². The average molecular weight is 371 g/mol. The Kier molecular flexibility index (Phi) is 4.65. The second-order valence-electron chi connectivity index (χ2n) is 7.07. The third-order valence-corrected chi connectivity index (χ3v) is 4.64. The van der Waals surface area contributed by atoms with Gasteiger partial charge >= 0.3 is 0 Å². The first-order valence-electron chi connectivity index (χ1n) is 9.25. The summed E-state index contributed by atoms with van der Waals surface area (Å²) in [4.78, 5) is 21.6. The molecule has 0 saturated heterocycles. The highest BCUT2D eigenvalue weighted by Crippen LogP contribution is 2.25. The molecule has 4 rings (SSSR count). The summed E-state index contributed by atoms with van der Waals surface area (Å²) in [6.07, 6.45) is 1.76. The molecule has 4 aromatic rings. The van der Waals surface area contributed by atoms with E-state index in [0.717, 1.165) is 22.2 Å². The second-order valence-corrected chi connectivity index (χ2v) is 7.07. The summed E-state index contributed by atoms with van der Waals surface area (Å²) in [5.74, 6) is 1.54. The quantitative estimate of drug-likeness (QED) is 0.509. The summed E-state index contributed by atoms with van der Waals surface area (Å²) in [5.41, 5.74) is 3.73. The third-order valence-electron chi connectivity index (χ3n) is 4.64. The number of anilines is 1. The van der Waals surface area contributed by atoms with Gasteiger partial charge in [-0.25, -0.2) is 4.98 Å². The fraction of sp³-hybridized carbons (Fsp3) is 0.174. The van der Waals surface area contributed by atoms with Crippen LogP contribution in [0.1, 0.15) is 41.6 Å². The summed E-state index contributed by atoms with van der Waals surface area (Å²) in [7, 11) is 0. The summed E-state index contributed by atoms with van der Waals surface area (Å²) < 4.78 is 5.77. The van der Waals surface area contributed by atoms with E-state index < -0.39 is 0 Å². The molecule has 5 heteroatoms. The first-order valence-corrected chi connectivity index (χ1v) is 9.25. The number of benzene rings is 2. The predicted octanol–water partition coefficient (Wildman–Crippen LogP) is 5.57. The molecule has 0 bridgehead atoms. The van der Waals surface area contributed by atoms with Crippen molar-refractivity contribution in [1.29, 1.82) is 0 Å². The molecule has 140 valence electrons. The van der Waals surface area contributed by atoms with Crippen LogP contribution < -0.4 is 5.32 Å². The maximum absolute atomic E-state index is 12.7. The van der Waals surface area contributed by atoms with Crippen molar-refractivity contribution < 1.29 is 9.21 Å². The number of oxazole rings is 1. The zero-order valence-corrected chi connectivity index (χ0v) is 16.1. The zero-order valence-electron chi connectivity index (χ0n) is 16.1. The Morgan fingerprint density at radius 3 is 2.54 bits per heavy atom. The molecule has 0 aliphatic carbocycles. The number of fused-ring (bicyclic) bond motifs is 1. The van der Waals surface area contributed by atoms with Crippen LogP contribution in [-0.2, 0) is 0 Å². The van der Waals surface area contributed by atoms with Crippen molar-refractivity contribution in [1.82, 2.24) is 9.97 Å². The summed E-state index contributed by atoms with van der Waals surface area (Å²) in [6.45, 7) is 5.97. The largest absolute Gasteiger partial charge is 0.441 e. The van der Waals surface area contributed by atoms with Crippen molar-refractivity contribution in [3.8, 4) is 11.5 Å². The van der Waals surface area contributed by atoms with E-state index in [1.54, 1.807) is 6.20 Å². The Labute approximate surface area is 163 Å². The molecule has 0 saturated carbocycles. The molecule has 0 fully saturated rings. The highest BCUT2D eigenvalue weighted by molar-refractivity contribution is 6.06. The molecule has 2 aromatic carbocycles. The number of hydrogen-bond acceptors (Lipinski definition) is 4. The Hall–Kier alpha value is -3.47. The molecule has 0 radical (unpaired) electrons. The van der Waals surface area contributed by atoms with E-state index in [2.05, 4.69) is 29.1 Å². The van der Waals surface area contributed by atoms with Gasteiger partial charge in [0.05, 0.1) is 23.0 Å². The van der Waals surface area contributed by atoms with Gasteiger partial charge in [-0.15, -0.1) is 0 Å². The first kappa shape index (κ1) is 17.9. The molecule has 0 atom stereocenters. The van der Waals surface area contributed by atoms with Crippen LogP contribution in [0.15, 0.2) is 65.2 Å².